The van der Waals surface area contributed by atoms with Gasteiger partial charge in [0.15, 0.2) is 11.6 Å². The lowest BCUT2D eigenvalue weighted by atomic mass is 9.96. The summed E-state index contributed by atoms with van der Waals surface area (Å²) in [6.07, 6.45) is 0.246. The summed E-state index contributed by atoms with van der Waals surface area (Å²) in [7, 11) is 0. The van der Waals surface area contributed by atoms with Crippen molar-refractivity contribution in [2.24, 2.45) is 5.73 Å². The number of hydrogen-bond acceptors (Lipinski definition) is 3. The summed E-state index contributed by atoms with van der Waals surface area (Å²) < 4.78 is 31.6. The topological polar surface area (TPSA) is 64.3 Å². The van der Waals surface area contributed by atoms with E-state index >= 15 is 0 Å². The zero-order valence-corrected chi connectivity index (χ0v) is 11.9. The summed E-state index contributed by atoms with van der Waals surface area (Å²) in [6, 6.07) is 3.75. The molecule has 0 saturated heterocycles. The zero-order chi connectivity index (χ0) is 15.3. The second kappa shape index (κ2) is 6.65. The van der Waals surface area contributed by atoms with Crippen LogP contribution in [0.15, 0.2) is 18.2 Å². The maximum absolute atomic E-state index is 13.4. The quantitative estimate of drug-likeness (QED) is 0.805. The molecule has 0 aromatic heterocycles. The molecule has 0 fully saturated rings. The van der Waals surface area contributed by atoms with Crippen molar-refractivity contribution in [1.82, 2.24) is 5.32 Å². The lowest BCUT2D eigenvalue weighted by Gasteiger charge is -2.29. The van der Waals surface area contributed by atoms with Gasteiger partial charge in [-0.2, -0.15) is 4.39 Å². The molecule has 1 atom stereocenters. The monoisotopic (exact) mass is 286 g/mol. The van der Waals surface area contributed by atoms with Crippen molar-refractivity contribution < 1.29 is 18.3 Å². The number of amides is 1. The Morgan fingerprint density at radius 3 is 2.65 bits per heavy atom. The van der Waals surface area contributed by atoms with Gasteiger partial charge >= 0.3 is 0 Å². The van der Waals surface area contributed by atoms with Crippen LogP contribution in [0, 0.1) is 11.6 Å². The van der Waals surface area contributed by atoms with Crippen LogP contribution in [-0.4, -0.2) is 24.1 Å². The van der Waals surface area contributed by atoms with Crippen molar-refractivity contribution in [2.75, 3.05) is 6.61 Å². The fourth-order valence-corrected chi connectivity index (χ4v) is 1.86. The van der Waals surface area contributed by atoms with E-state index < -0.39 is 23.1 Å². The van der Waals surface area contributed by atoms with Crippen molar-refractivity contribution >= 4 is 5.91 Å². The zero-order valence-electron chi connectivity index (χ0n) is 11.9. The largest absolute Gasteiger partial charge is 0.490 e. The summed E-state index contributed by atoms with van der Waals surface area (Å²) >= 11 is 0. The van der Waals surface area contributed by atoms with Gasteiger partial charge in [-0.3, -0.25) is 4.79 Å². The molecule has 1 aromatic carbocycles. The van der Waals surface area contributed by atoms with E-state index in [-0.39, 0.29) is 24.8 Å². The summed E-state index contributed by atoms with van der Waals surface area (Å²) in [5.74, 6) is -2.71. The summed E-state index contributed by atoms with van der Waals surface area (Å²) in [5, 5.41) is 3.05. The minimum absolute atomic E-state index is 0.0412. The Labute approximate surface area is 117 Å². The molecule has 6 heteroatoms. The van der Waals surface area contributed by atoms with Crippen molar-refractivity contribution in [3.05, 3.63) is 29.8 Å². The Morgan fingerprint density at radius 1 is 1.45 bits per heavy atom. The molecule has 0 bridgehead atoms. The predicted molar refractivity (Wildman–Crippen MR) is 72.3 cm³/mol. The summed E-state index contributed by atoms with van der Waals surface area (Å²) in [6.45, 7) is 5.46. The molecule has 0 radical (unpaired) electrons. The van der Waals surface area contributed by atoms with Crippen LogP contribution in [0.3, 0.4) is 0 Å². The standard InChI is InChI=1S/C14H20F2N2O2/c1-9(2)18-14(3,13(17)19)7-8-20-11-6-4-5-10(15)12(11)16/h4-6,9,18H,7-8H2,1-3H3,(H2,17,19). The second-order valence-electron chi connectivity index (χ2n) is 5.15. The van der Waals surface area contributed by atoms with Crippen LogP contribution in [-0.2, 0) is 4.79 Å². The number of nitrogens with two attached hydrogens (primary N) is 1. The first-order valence-corrected chi connectivity index (χ1v) is 6.40. The predicted octanol–water partition coefficient (Wildman–Crippen LogP) is 1.98. The summed E-state index contributed by atoms with van der Waals surface area (Å²) in [5.41, 5.74) is 4.40. The molecule has 4 nitrogen and oxygen atoms in total. The van der Waals surface area contributed by atoms with Gasteiger partial charge in [0, 0.05) is 12.5 Å². The van der Waals surface area contributed by atoms with E-state index in [9.17, 15) is 13.6 Å². The van der Waals surface area contributed by atoms with Crippen molar-refractivity contribution in [2.45, 2.75) is 38.8 Å². The average molecular weight is 286 g/mol. The van der Waals surface area contributed by atoms with Crippen LogP contribution in [0.25, 0.3) is 0 Å². The first kappa shape index (κ1) is 16.4. The van der Waals surface area contributed by atoms with Gasteiger partial charge in [0.25, 0.3) is 0 Å². The minimum atomic E-state index is -1.04. The molecule has 0 spiro atoms. The lowest BCUT2D eigenvalue weighted by molar-refractivity contribution is -0.124. The Hall–Kier alpha value is -1.69. The van der Waals surface area contributed by atoms with E-state index in [4.69, 9.17) is 10.5 Å². The lowest BCUT2D eigenvalue weighted by Crippen LogP contribution is -2.56. The average Bonchev–Trinajstić information content (AvgIpc) is 2.33. The Morgan fingerprint density at radius 2 is 2.10 bits per heavy atom. The normalized spacial score (nSPS) is 14.1. The number of benzene rings is 1. The third kappa shape index (κ3) is 4.16. The highest BCUT2D eigenvalue weighted by Crippen LogP contribution is 2.20. The third-order valence-electron chi connectivity index (χ3n) is 2.93. The number of primary amides is 1. The number of carbonyl (C=O) groups excluding carboxylic acids is 1. The van der Waals surface area contributed by atoms with Crippen molar-refractivity contribution in [3.8, 4) is 5.75 Å². The van der Waals surface area contributed by atoms with Gasteiger partial charge in [-0.1, -0.05) is 6.07 Å². The number of ether oxygens (including phenoxy) is 1. The van der Waals surface area contributed by atoms with Crippen LogP contribution in [0.5, 0.6) is 5.75 Å². The Kier molecular flexibility index (Phi) is 5.44. The molecule has 1 amide bonds. The molecule has 1 rings (SSSR count). The van der Waals surface area contributed by atoms with Gasteiger partial charge in [0.05, 0.1) is 12.1 Å². The van der Waals surface area contributed by atoms with Crippen molar-refractivity contribution in [1.29, 1.82) is 0 Å². The molecule has 3 N–H and O–H groups in total. The van der Waals surface area contributed by atoms with Gasteiger partial charge in [0.2, 0.25) is 11.7 Å². The number of carbonyl (C=O) groups is 1. The number of hydrogen-bond donors (Lipinski definition) is 2. The smallest absolute Gasteiger partial charge is 0.237 e. The Balaban J connectivity index is 2.65. The fraction of sp³-hybridized carbons (Fsp3) is 0.500. The molecule has 0 saturated carbocycles. The molecule has 1 aromatic rings. The third-order valence-corrected chi connectivity index (χ3v) is 2.93. The number of nitrogens with one attached hydrogen (secondary N) is 1. The number of halogens is 2. The molecule has 0 aliphatic carbocycles. The fourth-order valence-electron chi connectivity index (χ4n) is 1.86. The first-order chi connectivity index (χ1) is 9.26. The molecule has 20 heavy (non-hydrogen) atoms. The van der Waals surface area contributed by atoms with Gasteiger partial charge < -0.3 is 15.8 Å². The van der Waals surface area contributed by atoms with Crippen LogP contribution in [0.2, 0.25) is 0 Å². The molecule has 0 aliphatic rings. The van der Waals surface area contributed by atoms with E-state index in [0.717, 1.165) is 6.07 Å². The molecule has 0 heterocycles. The first-order valence-electron chi connectivity index (χ1n) is 6.40. The van der Waals surface area contributed by atoms with E-state index in [1.807, 2.05) is 13.8 Å². The van der Waals surface area contributed by atoms with Gasteiger partial charge in [-0.15, -0.1) is 0 Å². The Bertz CT molecular complexity index is 480. The summed E-state index contributed by atoms with van der Waals surface area (Å²) in [4.78, 5) is 11.5. The molecular formula is C14H20F2N2O2. The molecule has 112 valence electrons. The minimum Gasteiger partial charge on any atom is -0.490 e. The van der Waals surface area contributed by atoms with E-state index in [2.05, 4.69) is 5.32 Å². The van der Waals surface area contributed by atoms with Crippen LogP contribution in [0.1, 0.15) is 27.2 Å². The highest BCUT2D eigenvalue weighted by molar-refractivity contribution is 5.84. The number of rotatable bonds is 7. The van der Waals surface area contributed by atoms with Crippen LogP contribution >= 0.6 is 0 Å². The highest BCUT2D eigenvalue weighted by Gasteiger charge is 2.31. The van der Waals surface area contributed by atoms with Crippen LogP contribution < -0.4 is 15.8 Å². The van der Waals surface area contributed by atoms with Crippen molar-refractivity contribution in [3.63, 3.8) is 0 Å². The maximum atomic E-state index is 13.4. The van der Waals surface area contributed by atoms with Gasteiger partial charge in [-0.25, -0.2) is 4.39 Å². The van der Waals surface area contributed by atoms with E-state index in [1.54, 1.807) is 6.92 Å². The molecular weight excluding hydrogens is 266 g/mol. The SMILES string of the molecule is CC(C)NC(C)(CCOc1cccc(F)c1F)C(N)=O. The van der Waals surface area contributed by atoms with E-state index in [0.29, 0.717) is 0 Å². The maximum Gasteiger partial charge on any atom is 0.237 e. The second-order valence-corrected chi connectivity index (χ2v) is 5.15. The van der Waals surface area contributed by atoms with Gasteiger partial charge in [0.1, 0.15) is 0 Å². The molecule has 1 unspecified atom stereocenters. The van der Waals surface area contributed by atoms with E-state index in [1.165, 1.54) is 12.1 Å². The molecule has 0 aliphatic heterocycles. The highest BCUT2D eigenvalue weighted by atomic mass is 19.2. The van der Waals surface area contributed by atoms with Crippen LogP contribution in [0.4, 0.5) is 8.78 Å². The van der Waals surface area contributed by atoms with Gasteiger partial charge in [-0.05, 0) is 32.9 Å².